The van der Waals surface area contributed by atoms with Gasteiger partial charge >= 0.3 is 0 Å². The number of hydrogen-bond donors (Lipinski definition) is 1. The van der Waals surface area contributed by atoms with Crippen LogP contribution in [0.3, 0.4) is 0 Å². The van der Waals surface area contributed by atoms with E-state index in [0.717, 1.165) is 56.4 Å². The van der Waals surface area contributed by atoms with Gasteiger partial charge in [-0.15, -0.1) is 24.8 Å². The van der Waals surface area contributed by atoms with Gasteiger partial charge in [-0.25, -0.2) is 4.39 Å². The Balaban J connectivity index is 0.00000121. The van der Waals surface area contributed by atoms with Gasteiger partial charge in [0.15, 0.2) is 0 Å². The van der Waals surface area contributed by atoms with Crippen molar-refractivity contribution in [1.29, 1.82) is 0 Å². The summed E-state index contributed by atoms with van der Waals surface area (Å²) in [7, 11) is 2.10. The summed E-state index contributed by atoms with van der Waals surface area (Å²) in [5.41, 5.74) is 2.24. The third-order valence-electron chi connectivity index (χ3n) is 4.55. The fourth-order valence-electron chi connectivity index (χ4n) is 3.38. The van der Waals surface area contributed by atoms with E-state index in [0.29, 0.717) is 0 Å². The first-order valence-corrected chi connectivity index (χ1v) is 7.70. The number of halogens is 3. The van der Waals surface area contributed by atoms with E-state index in [1.807, 2.05) is 6.07 Å². The van der Waals surface area contributed by atoms with E-state index < -0.39 is 0 Å². The molecule has 2 aliphatic rings. The van der Waals surface area contributed by atoms with Crippen molar-refractivity contribution in [1.82, 2.24) is 5.32 Å². The van der Waals surface area contributed by atoms with E-state index >= 15 is 0 Å². The van der Waals surface area contributed by atoms with E-state index in [1.54, 1.807) is 12.1 Å². The molecule has 2 heterocycles. The molecule has 0 atom stereocenters. The molecule has 3 rings (SSSR count). The van der Waals surface area contributed by atoms with Crippen molar-refractivity contribution in [2.24, 2.45) is 5.92 Å². The van der Waals surface area contributed by atoms with E-state index in [4.69, 9.17) is 0 Å². The largest absolute Gasteiger partial charge is 0.373 e. The molecule has 0 aromatic heterocycles. The fraction of sp³-hybridized carbons (Fsp3) is 0.625. The van der Waals surface area contributed by atoms with E-state index in [2.05, 4.69) is 22.2 Å². The zero-order chi connectivity index (χ0) is 13.9. The molecule has 0 saturated carbocycles. The molecular formula is C16H26Cl2FN3. The van der Waals surface area contributed by atoms with Gasteiger partial charge in [0.2, 0.25) is 0 Å². The first-order chi connectivity index (χ1) is 9.74. The number of benzene rings is 1. The molecule has 3 nitrogen and oxygen atoms in total. The second-order valence-electron chi connectivity index (χ2n) is 6.05. The van der Waals surface area contributed by atoms with Crippen LogP contribution in [0, 0.1) is 11.7 Å². The van der Waals surface area contributed by atoms with Crippen molar-refractivity contribution < 1.29 is 4.39 Å². The molecule has 0 amide bonds. The van der Waals surface area contributed by atoms with Crippen LogP contribution in [0.2, 0.25) is 0 Å². The van der Waals surface area contributed by atoms with E-state index in [1.165, 1.54) is 12.8 Å². The van der Waals surface area contributed by atoms with Gasteiger partial charge in [0.25, 0.3) is 0 Å². The number of nitrogens with one attached hydrogen (secondary N) is 1. The molecule has 0 bridgehead atoms. The van der Waals surface area contributed by atoms with Gasteiger partial charge in [-0.2, -0.15) is 0 Å². The number of piperidine rings is 1. The molecule has 1 N–H and O–H groups in total. The summed E-state index contributed by atoms with van der Waals surface area (Å²) in [4.78, 5) is 4.65. The second kappa shape index (κ2) is 8.80. The van der Waals surface area contributed by atoms with Gasteiger partial charge in [0, 0.05) is 26.7 Å². The molecule has 22 heavy (non-hydrogen) atoms. The van der Waals surface area contributed by atoms with Gasteiger partial charge in [0.05, 0.1) is 11.4 Å². The normalized spacial score (nSPS) is 18.8. The molecule has 1 saturated heterocycles. The van der Waals surface area contributed by atoms with Gasteiger partial charge in [-0.3, -0.25) is 0 Å². The number of fused-ring (bicyclic) bond motifs is 1. The monoisotopic (exact) mass is 349 g/mol. The van der Waals surface area contributed by atoms with Crippen LogP contribution in [0.1, 0.15) is 19.3 Å². The molecule has 126 valence electrons. The highest BCUT2D eigenvalue weighted by Crippen LogP contribution is 2.33. The van der Waals surface area contributed by atoms with Crippen LogP contribution < -0.4 is 15.1 Å². The number of nitrogens with zero attached hydrogens (tertiary/aromatic N) is 2. The Labute approximate surface area is 145 Å². The number of anilines is 2. The summed E-state index contributed by atoms with van der Waals surface area (Å²) in [5.74, 6) is 0.602. The highest BCUT2D eigenvalue weighted by molar-refractivity contribution is 5.85. The van der Waals surface area contributed by atoms with Crippen LogP contribution in [0.5, 0.6) is 0 Å². The maximum atomic E-state index is 13.7. The minimum Gasteiger partial charge on any atom is -0.373 e. The smallest absolute Gasteiger partial charge is 0.125 e. The summed E-state index contributed by atoms with van der Waals surface area (Å²) >= 11 is 0. The Bertz CT molecular complexity index is 467. The third-order valence-corrected chi connectivity index (χ3v) is 4.55. The van der Waals surface area contributed by atoms with Crippen LogP contribution in [0.15, 0.2) is 18.2 Å². The molecule has 0 aliphatic carbocycles. The molecule has 1 aromatic carbocycles. The zero-order valence-electron chi connectivity index (χ0n) is 13.1. The van der Waals surface area contributed by atoms with E-state index in [-0.39, 0.29) is 30.6 Å². The minimum atomic E-state index is -0.130. The van der Waals surface area contributed by atoms with Crippen molar-refractivity contribution in [3.8, 4) is 0 Å². The highest BCUT2D eigenvalue weighted by atomic mass is 35.5. The van der Waals surface area contributed by atoms with Gasteiger partial charge in [0.1, 0.15) is 5.82 Å². The van der Waals surface area contributed by atoms with Crippen LogP contribution in [0.25, 0.3) is 0 Å². The predicted molar refractivity (Wildman–Crippen MR) is 96.6 cm³/mol. The third kappa shape index (κ3) is 4.40. The summed E-state index contributed by atoms with van der Waals surface area (Å²) in [5, 5.41) is 3.41. The maximum absolute atomic E-state index is 13.7. The van der Waals surface area contributed by atoms with Crippen LogP contribution >= 0.6 is 24.8 Å². The number of rotatable bonds is 2. The van der Waals surface area contributed by atoms with Crippen LogP contribution in [0.4, 0.5) is 15.8 Å². The Kier molecular flexibility index (Phi) is 7.74. The molecule has 0 unspecified atom stereocenters. The lowest BCUT2D eigenvalue weighted by molar-refractivity contribution is 0.373. The lowest BCUT2D eigenvalue weighted by atomic mass is 9.97. The van der Waals surface area contributed by atoms with Crippen LogP contribution in [-0.2, 0) is 0 Å². The zero-order valence-corrected chi connectivity index (χ0v) is 14.7. The average Bonchev–Trinajstić information content (AvgIpc) is 2.60. The maximum Gasteiger partial charge on any atom is 0.125 e. The van der Waals surface area contributed by atoms with Crippen molar-refractivity contribution in [3.63, 3.8) is 0 Å². The summed E-state index contributed by atoms with van der Waals surface area (Å²) < 4.78 is 13.7. The van der Waals surface area contributed by atoms with Gasteiger partial charge in [-0.1, -0.05) is 0 Å². The molecule has 1 fully saturated rings. The topological polar surface area (TPSA) is 18.5 Å². The molecule has 0 spiro atoms. The van der Waals surface area contributed by atoms with Crippen molar-refractivity contribution in [3.05, 3.63) is 24.0 Å². The second-order valence-corrected chi connectivity index (χ2v) is 6.05. The van der Waals surface area contributed by atoms with Gasteiger partial charge < -0.3 is 15.1 Å². The molecule has 6 heteroatoms. The summed E-state index contributed by atoms with van der Waals surface area (Å²) in [6.45, 7) is 5.38. The average molecular weight is 350 g/mol. The van der Waals surface area contributed by atoms with Crippen LogP contribution in [-0.4, -0.2) is 39.8 Å². The van der Waals surface area contributed by atoms with Crippen molar-refractivity contribution in [2.75, 3.05) is 49.6 Å². The van der Waals surface area contributed by atoms with E-state index in [9.17, 15) is 4.39 Å². The Morgan fingerprint density at radius 1 is 1.14 bits per heavy atom. The lowest BCUT2D eigenvalue weighted by Crippen LogP contribution is -2.36. The van der Waals surface area contributed by atoms with Gasteiger partial charge in [-0.05, 0) is 56.5 Å². The first-order valence-electron chi connectivity index (χ1n) is 7.70. The summed E-state index contributed by atoms with van der Waals surface area (Å²) in [6, 6.07) is 5.20. The quantitative estimate of drug-likeness (QED) is 0.883. The minimum absolute atomic E-state index is 0. The molecule has 0 radical (unpaired) electrons. The van der Waals surface area contributed by atoms with Crippen molar-refractivity contribution in [2.45, 2.75) is 19.3 Å². The standard InChI is InChI=1S/C16H24FN3.2ClH/c1-19-9-2-10-20(12-13-5-7-18-8-6-13)16-11-14(17)3-4-15(16)19;;/h3-4,11,13,18H,2,5-10,12H2,1H3;2*1H. The predicted octanol–water partition coefficient (Wildman–Crippen LogP) is 3.32. The Hall–Kier alpha value is -0.710. The number of hydrogen-bond acceptors (Lipinski definition) is 3. The highest BCUT2D eigenvalue weighted by Gasteiger charge is 2.22. The molecule has 2 aliphatic heterocycles. The Morgan fingerprint density at radius 3 is 2.59 bits per heavy atom. The molecule has 1 aromatic rings. The molecular weight excluding hydrogens is 324 g/mol. The fourth-order valence-corrected chi connectivity index (χ4v) is 3.38. The first kappa shape index (κ1) is 19.3. The Morgan fingerprint density at radius 2 is 1.86 bits per heavy atom. The SMILES string of the molecule is CN1CCCN(CC2CCNCC2)c2cc(F)ccc21.Cl.Cl. The lowest BCUT2D eigenvalue weighted by Gasteiger charge is -2.32. The summed E-state index contributed by atoms with van der Waals surface area (Å²) in [6.07, 6.45) is 3.60. The van der Waals surface area contributed by atoms with Crippen molar-refractivity contribution >= 4 is 36.2 Å².